The molecule has 1 rings (SSSR count). The summed E-state index contributed by atoms with van der Waals surface area (Å²) in [6.07, 6.45) is 4.43. The highest BCUT2D eigenvalue weighted by molar-refractivity contribution is 5.68. The Hall–Kier alpha value is -0.570. The van der Waals surface area contributed by atoms with E-state index in [2.05, 4.69) is 17.5 Å². The van der Waals surface area contributed by atoms with Gasteiger partial charge < -0.3 is 10.5 Å². The van der Waals surface area contributed by atoms with Gasteiger partial charge in [-0.15, -0.1) is 0 Å². The minimum absolute atomic E-state index is 0.147. The van der Waals surface area contributed by atoms with Crippen LogP contribution in [-0.2, 0) is 0 Å². The second kappa shape index (κ2) is 3.01. The molecule has 0 bridgehead atoms. The minimum atomic E-state index is 0.147. The van der Waals surface area contributed by atoms with Crippen molar-refractivity contribution in [2.75, 3.05) is 13.2 Å². The molecular formula is C7H14N2O. The smallest absolute Gasteiger partial charge is 0.0620 e. The Balaban J connectivity index is 2.05. The number of rotatable bonds is 4. The number of aliphatic hydroxyl groups is 1. The zero-order valence-electron chi connectivity index (χ0n) is 6.30. The van der Waals surface area contributed by atoms with Gasteiger partial charge in [-0.2, -0.15) is 5.10 Å². The van der Waals surface area contributed by atoms with E-state index in [9.17, 15) is 0 Å². The van der Waals surface area contributed by atoms with Crippen LogP contribution in [0, 0.1) is 5.41 Å². The topological polar surface area (TPSA) is 44.6 Å². The van der Waals surface area contributed by atoms with Gasteiger partial charge >= 0.3 is 0 Å². The fourth-order valence-electron chi connectivity index (χ4n) is 0.642. The lowest BCUT2D eigenvalue weighted by Crippen LogP contribution is -2.12. The minimum Gasteiger partial charge on any atom is -0.394 e. The molecule has 1 fully saturated rings. The van der Waals surface area contributed by atoms with Crippen LogP contribution in [0.3, 0.4) is 0 Å². The molecule has 0 atom stereocenters. The van der Waals surface area contributed by atoms with Crippen LogP contribution in [0.1, 0.15) is 19.8 Å². The van der Waals surface area contributed by atoms with Gasteiger partial charge in [0.1, 0.15) is 0 Å². The van der Waals surface area contributed by atoms with Crippen LogP contribution in [-0.4, -0.2) is 24.5 Å². The van der Waals surface area contributed by atoms with Gasteiger partial charge in [0.05, 0.1) is 13.2 Å². The summed E-state index contributed by atoms with van der Waals surface area (Å²) in [6, 6.07) is 0. The maximum absolute atomic E-state index is 8.37. The van der Waals surface area contributed by atoms with Crippen LogP contribution in [0.2, 0.25) is 0 Å². The predicted octanol–water partition coefficient (Wildman–Crippen LogP) is 0.354. The number of hydrogen-bond acceptors (Lipinski definition) is 3. The summed E-state index contributed by atoms with van der Waals surface area (Å²) in [5, 5.41) is 12.3. The quantitative estimate of drug-likeness (QED) is 0.338. The Bertz CT molecular complexity index is 130. The van der Waals surface area contributed by atoms with Gasteiger partial charge in [0.25, 0.3) is 0 Å². The van der Waals surface area contributed by atoms with Gasteiger partial charge in [-0.25, -0.2) is 0 Å². The van der Waals surface area contributed by atoms with E-state index in [1.165, 1.54) is 12.8 Å². The molecule has 1 aliphatic carbocycles. The molecule has 3 heteroatoms. The van der Waals surface area contributed by atoms with Crippen LogP contribution in [0.5, 0.6) is 0 Å². The molecule has 0 unspecified atom stereocenters. The fourth-order valence-corrected chi connectivity index (χ4v) is 0.642. The van der Waals surface area contributed by atoms with E-state index in [-0.39, 0.29) is 6.61 Å². The molecule has 0 amide bonds. The molecule has 0 saturated heterocycles. The first-order valence-electron chi connectivity index (χ1n) is 3.65. The zero-order chi connectivity index (χ0) is 7.45. The van der Waals surface area contributed by atoms with Gasteiger partial charge in [-0.1, -0.05) is 6.92 Å². The van der Waals surface area contributed by atoms with Crippen molar-refractivity contribution >= 4 is 6.21 Å². The summed E-state index contributed by atoms with van der Waals surface area (Å²) in [5.74, 6) is 0. The lowest BCUT2D eigenvalue weighted by molar-refractivity contribution is 0.293. The summed E-state index contributed by atoms with van der Waals surface area (Å²) >= 11 is 0. The van der Waals surface area contributed by atoms with Gasteiger partial charge in [0, 0.05) is 11.6 Å². The Labute approximate surface area is 61.1 Å². The molecule has 10 heavy (non-hydrogen) atoms. The van der Waals surface area contributed by atoms with E-state index >= 15 is 0 Å². The van der Waals surface area contributed by atoms with E-state index in [1.54, 1.807) is 0 Å². The second-order valence-corrected chi connectivity index (χ2v) is 3.04. The Morgan fingerprint density at radius 3 is 2.90 bits per heavy atom. The molecule has 1 aliphatic rings. The first-order chi connectivity index (χ1) is 4.77. The average molecular weight is 142 g/mol. The van der Waals surface area contributed by atoms with Crippen molar-refractivity contribution in [3.8, 4) is 0 Å². The number of nitrogens with zero attached hydrogens (tertiary/aromatic N) is 1. The van der Waals surface area contributed by atoms with Crippen molar-refractivity contribution in [2.24, 2.45) is 10.5 Å². The third-order valence-electron chi connectivity index (χ3n) is 1.73. The van der Waals surface area contributed by atoms with E-state index < -0.39 is 0 Å². The summed E-state index contributed by atoms with van der Waals surface area (Å²) in [5.41, 5.74) is 3.11. The average Bonchev–Trinajstić information content (AvgIpc) is 2.62. The van der Waals surface area contributed by atoms with Gasteiger partial charge in [0.2, 0.25) is 0 Å². The number of hydrazone groups is 1. The van der Waals surface area contributed by atoms with E-state index in [0.29, 0.717) is 12.0 Å². The highest BCUT2D eigenvalue weighted by Crippen LogP contribution is 2.42. The molecule has 0 heterocycles. The lowest BCUT2D eigenvalue weighted by Gasteiger charge is -1.98. The third-order valence-corrected chi connectivity index (χ3v) is 1.73. The van der Waals surface area contributed by atoms with Gasteiger partial charge in [-0.05, 0) is 12.8 Å². The number of nitrogens with one attached hydrogen (secondary N) is 1. The summed E-state index contributed by atoms with van der Waals surface area (Å²) in [6.45, 7) is 2.87. The van der Waals surface area contributed by atoms with Gasteiger partial charge in [-0.3, -0.25) is 0 Å². The first-order valence-corrected chi connectivity index (χ1v) is 3.65. The van der Waals surface area contributed by atoms with Crippen LogP contribution >= 0.6 is 0 Å². The molecule has 0 aromatic heterocycles. The molecule has 1 saturated carbocycles. The van der Waals surface area contributed by atoms with E-state index in [4.69, 9.17) is 5.11 Å². The van der Waals surface area contributed by atoms with Crippen molar-refractivity contribution in [1.82, 2.24) is 5.43 Å². The zero-order valence-corrected chi connectivity index (χ0v) is 6.30. The van der Waals surface area contributed by atoms with Crippen LogP contribution in [0.4, 0.5) is 0 Å². The molecule has 0 aromatic rings. The molecule has 0 spiro atoms. The second-order valence-electron chi connectivity index (χ2n) is 3.04. The summed E-state index contributed by atoms with van der Waals surface area (Å²) in [7, 11) is 0. The standard InChI is InChI=1S/C7H14N2O/c1-7(2-3-7)6-9-8-4-5-10/h6,8,10H,2-5H2,1H3/b9-6+. The Morgan fingerprint density at radius 2 is 2.40 bits per heavy atom. The normalized spacial score (nSPS) is 21.4. The predicted molar refractivity (Wildman–Crippen MR) is 40.9 cm³/mol. The lowest BCUT2D eigenvalue weighted by atomic mass is 10.2. The maximum atomic E-state index is 8.37. The summed E-state index contributed by atoms with van der Waals surface area (Å²) < 4.78 is 0. The van der Waals surface area contributed by atoms with Crippen LogP contribution < -0.4 is 5.43 Å². The molecule has 58 valence electrons. The highest BCUT2D eigenvalue weighted by Gasteiger charge is 2.35. The van der Waals surface area contributed by atoms with Crippen LogP contribution in [0.15, 0.2) is 5.10 Å². The number of hydrogen-bond donors (Lipinski definition) is 2. The van der Waals surface area contributed by atoms with Gasteiger partial charge in [0.15, 0.2) is 0 Å². The molecule has 0 aromatic carbocycles. The third kappa shape index (κ3) is 2.35. The van der Waals surface area contributed by atoms with E-state index in [0.717, 1.165) is 0 Å². The van der Waals surface area contributed by atoms with Crippen LogP contribution in [0.25, 0.3) is 0 Å². The molecule has 2 N–H and O–H groups in total. The monoisotopic (exact) mass is 142 g/mol. The molecule has 0 radical (unpaired) electrons. The van der Waals surface area contributed by atoms with Crippen molar-refractivity contribution in [2.45, 2.75) is 19.8 Å². The first kappa shape index (κ1) is 7.54. The Kier molecular flexibility index (Phi) is 2.27. The largest absolute Gasteiger partial charge is 0.394 e. The van der Waals surface area contributed by atoms with E-state index in [1.807, 2.05) is 6.21 Å². The summed E-state index contributed by atoms with van der Waals surface area (Å²) in [4.78, 5) is 0. The fraction of sp³-hybridized carbons (Fsp3) is 0.857. The SMILES string of the molecule is CC1(/C=N/NCCO)CC1. The van der Waals surface area contributed by atoms with Crippen molar-refractivity contribution in [3.05, 3.63) is 0 Å². The number of aliphatic hydroxyl groups excluding tert-OH is 1. The van der Waals surface area contributed by atoms with Crippen molar-refractivity contribution in [1.29, 1.82) is 0 Å². The highest BCUT2D eigenvalue weighted by atomic mass is 16.3. The van der Waals surface area contributed by atoms with Crippen molar-refractivity contribution in [3.63, 3.8) is 0 Å². The maximum Gasteiger partial charge on any atom is 0.0620 e. The van der Waals surface area contributed by atoms with Crippen molar-refractivity contribution < 1.29 is 5.11 Å². The molecule has 0 aliphatic heterocycles. The Morgan fingerprint density at radius 1 is 1.70 bits per heavy atom. The molecular weight excluding hydrogens is 128 g/mol. The molecule has 3 nitrogen and oxygen atoms in total.